The van der Waals surface area contributed by atoms with E-state index in [0.29, 0.717) is 6.29 Å². The molecule has 6 nitrogen and oxygen atoms in total. The molecule has 6 heteroatoms. The maximum Gasteiger partial charge on any atom is 0.424 e. The Balaban J connectivity index is 4.42. The average Bonchev–Trinajstić information content (AvgIpc) is 2.03. The number of amides is 1. The van der Waals surface area contributed by atoms with Crippen molar-refractivity contribution in [3.05, 3.63) is 0 Å². The number of nitrogens with zero attached hydrogens (tertiary/aromatic N) is 2. The van der Waals surface area contributed by atoms with Gasteiger partial charge in [-0.15, -0.1) is 0 Å². The number of rotatable bonds is 4. The summed E-state index contributed by atoms with van der Waals surface area (Å²) in [5, 5.41) is 10.4. The maximum atomic E-state index is 10.5. The van der Waals surface area contributed by atoms with E-state index in [9.17, 15) is 9.59 Å². The van der Waals surface area contributed by atoms with E-state index in [1.165, 1.54) is 21.1 Å². The summed E-state index contributed by atoms with van der Waals surface area (Å²) in [6.45, 7) is 1.46. The average molecular weight is 176 g/mol. The first kappa shape index (κ1) is 10.9. The molecule has 0 aliphatic rings. The molecule has 0 radical (unpaired) electrons. The van der Waals surface area contributed by atoms with Gasteiger partial charge in [-0.3, -0.25) is 4.84 Å². The molecule has 1 N–H and O–H groups in total. The Morgan fingerprint density at radius 2 is 2.17 bits per heavy atom. The molecule has 0 aromatic rings. The van der Waals surface area contributed by atoms with Crippen molar-refractivity contribution in [2.75, 3.05) is 14.2 Å². The van der Waals surface area contributed by atoms with Gasteiger partial charge in [0.1, 0.15) is 12.3 Å². The predicted molar refractivity (Wildman–Crippen MR) is 40.2 cm³/mol. The molecule has 0 aromatic heterocycles. The Labute approximate surface area is 70.2 Å². The molecule has 0 fully saturated rings. The third-order valence-corrected chi connectivity index (χ3v) is 1.35. The van der Waals surface area contributed by atoms with Gasteiger partial charge < -0.3 is 9.90 Å². The van der Waals surface area contributed by atoms with Gasteiger partial charge in [0.2, 0.25) is 0 Å². The quantitative estimate of drug-likeness (QED) is 0.481. The first-order chi connectivity index (χ1) is 5.54. The molecule has 1 unspecified atom stereocenters. The fraction of sp³-hybridized carbons (Fsp3) is 0.667. The van der Waals surface area contributed by atoms with E-state index in [-0.39, 0.29) is 0 Å². The lowest BCUT2D eigenvalue weighted by molar-refractivity contribution is -0.239. The van der Waals surface area contributed by atoms with E-state index in [1.807, 2.05) is 0 Å². The van der Waals surface area contributed by atoms with Crippen molar-refractivity contribution in [2.45, 2.75) is 13.0 Å². The summed E-state index contributed by atoms with van der Waals surface area (Å²) in [5.74, 6) is 0. The van der Waals surface area contributed by atoms with Gasteiger partial charge in [-0.2, -0.15) is 0 Å². The monoisotopic (exact) mass is 176 g/mol. The lowest BCUT2D eigenvalue weighted by atomic mass is 10.4. The number of hydroxylamine groups is 1. The van der Waals surface area contributed by atoms with Gasteiger partial charge in [-0.1, -0.05) is 5.17 Å². The van der Waals surface area contributed by atoms with Gasteiger partial charge in [-0.05, 0) is 6.92 Å². The van der Waals surface area contributed by atoms with Crippen LogP contribution in [0.5, 0.6) is 0 Å². The van der Waals surface area contributed by atoms with Crippen molar-refractivity contribution in [3.63, 3.8) is 0 Å². The minimum Gasteiger partial charge on any atom is -0.464 e. The second kappa shape index (κ2) is 4.68. The minimum atomic E-state index is -1.24. The van der Waals surface area contributed by atoms with Crippen molar-refractivity contribution >= 4 is 12.4 Å². The summed E-state index contributed by atoms with van der Waals surface area (Å²) in [7, 11) is 2.71. The first-order valence-electron chi connectivity index (χ1n) is 3.29. The van der Waals surface area contributed by atoms with Gasteiger partial charge in [-0.25, -0.2) is 9.80 Å². The highest BCUT2D eigenvalue weighted by atomic mass is 16.7. The molecule has 1 amide bonds. The van der Waals surface area contributed by atoms with Gasteiger partial charge >= 0.3 is 6.09 Å². The molecular weight excluding hydrogens is 164 g/mol. The zero-order chi connectivity index (χ0) is 9.72. The fourth-order valence-corrected chi connectivity index (χ4v) is 0.697. The number of aldehydes is 1. The molecule has 70 valence electrons. The van der Waals surface area contributed by atoms with Crippen molar-refractivity contribution in [1.82, 2.24) is 10.2 Å². The topological polar surface area (TPSA) is 70.1 Å². The number of hydrogen-bond acceptors (Lipinski definition) is 4. The molecule has 0 bridgehead atoms. The second-order valence-corrected chi connectivity index (χ2v) is 2.15. The highest BCUT2D eigenvalue weighted by Gasteiger charge is 2.23. The summed E-state index contributed by atoms with van der Waals surface area (Å²) in [6.07, 6.45) is -0.720. The Morgan fingerprint density at radius 1 is 1.67 bits per heavy atom. The van der Waals surface area contributed by atoms with Crippen LogP contribution in [-0.4, -0.2) is 47.9 Å². The van der Waals surface area contributed by atoms with Crippen LogP contribution < -0.4 is 0 Å². The van der Waals surface area contributed by atoms with Crippen LogP contribution in [0.3, 0.4) is 0 Å². The molecule has 0 rings (SSSR count). The molecular formula is C6H12N2O4. The van der Waals surface area contributed by atoms with E-state index < -0.39 is 12.1 Å². The van der Waals surface area contributed by atoms with Gasteiger partial charge in [0.05, 0.1) is 7.11 Å². The normalized spacial score (nSPS) is 12.7. The lowest BCUT2D eigenvalue weighted by Gasteiger charge is -2.29. The zero-order valence-electron chi connectivity index (χ0n) is 7.22. The molecule has 12 heavy (non-hydrogen) atoms. The van der Waals surface area contributed by atoms with Crippen LogP contribution in [0.1, 0.15) is 6.92 Å². The van der Waals surface area contributed by atoms with Crippen LogP contribution >= 0.6 is 0 Å². The zero-order valence-corrected chi connectivity index (χ0v) is 7.22. The number of carbonyl (C=O) groups excluding carboxylic acids is 1. The molecule has 0 saturated heterocycles. The summed E-state index contributed by atoms with van der Waals surface area (Å²) in [6, 6.07) is -0.757. The molecule has 0 aliphatic carbocycles. The maximum absolute atomic E-state index is 10.5. The Morgan fingerprint density at radius 3 is 2.42 bits per heavy atom. The van der Waals surface area contributed by atoms with E-state index in [0.717, 1.165) is 10.2 Å². The van der Waals surface area contributed by atoms with Crippen LogP contribution in [0.15, 0.2) is 0 Å². The SMILES string of the molecule is CON(C)N(C(=O)O)C(C)C=O. The van der Waals surface area contributed by atoms with Crippen LogP contribution in [-0.2, 0) is 9.63 Å². The number of carboxylic acid groups (broad SMARTS) is 1. The Hall–Kier alpha value is -1.14. The Kier molecular flexibility index (Phi) is 4.24. The van der Waals surface area contributed by atoms with Crippen LogP contribution in [0.25, 0.3) is 0 Å². The lowest BCUT2D eigenvalue weighted by Crippen LogP contribution is -2.48. The number of hydrogen-bond donors (Lipinski definition) is 1. The minimum absolute atomic E-state index is 0.518. The van der Waals surface area contributed by atoms with E-state index in [1.54, 1.807) is 0 Å². The summed E-state index contributed by atoms with van der Waals surface area (Å²) in [5.41, 5.74) is 0. The van der Waals surface area contributed by atoms with Gasteiger partial charge in [0, 0.05) is 7.05 Å². The summed E-state index contributed by atoms with van der Waals surface area (Å²) in [4.78, 5) is 25.4. The second-order valence-electron chi connectivity index (χ2n) is 2.15. The molecule has 1 atom stereocenters. The molecule has 0 heterocycles. The van der Waals surface area contributed by atoms with Crippen LogP contribution in [0.4, 0.5) is 4.79 Å². The first-order valence-corrected chi connectivity index (χ1v) is 3.29. The summed E-state index contributed by atoms with van der Waals surface area (Å²) >= 11 is 0. The molecule has 0 aromatic carbocycles. The number of carbonyl (C=O) groups is 2. The van der Waals surface area contributed by atoms with Crippen molar-refractivity contribution in [1.29, 1.82) is 0 Å². The van der Waals surface area contributed by atoms with Gasteiger partial charge in [0.25, 0.3) is 0 Å². The van der Waals surface area contributed by atoms with E-state index >= 15 is 0 Å². The highest BCUT2D eigenvalue weighted by molar-refractivity contribution is 5.70. The fourth-order valence-electron chi connectivity index (χ4n) is 0.697. The molecule has 0 spiro atoms. The third-order valence-electron chi connectivity index (χ3n) is 1.35. The van der Waals surface area contributed by atoms with Gasteiger partial charge in [0.15, 0.2) is 0 Å². The van der Waals surface area contributed by atoms with Crippen molar-refractivity contribution in [3.8, 4) is 0 Å². The van der Waals surface area contributed by atoms with Crippen LogP contribution in [0, 0.1) is 0 Å². The van der Waals surface area contributed by atoms with Crippen molar-refractivity contribution in [2.24, 2.45) is 0 Å². The van der Waals surface area contributed by atoms with Crippen LogP contribution in [0.2, 0.25) is 0 Å². The molecule has 0 aliphatic heterocycles. The van der Waals surface area contributed by atoms with E-state index in [4.69, 9.17) is 5.11 Å². The highest BCUT2D eigenvalue weighted by Crippen LogP contribution is 2.00. The third kappa shape index (κ3) is 2.48. The standard InChI is InChI=1S/C6H12N2O4/c1-5(4-9)8(6(10)11)7(2)12-3/h4-5H,1-3H3,(H,10,11). The Bertz CT molecular complexity index is 173. The summed E-state index contributed by atoms with van der Waals surface area (Å²) < 4.78 is 0. The number of hydrazine groups is 1. The largest absolute Gasteiger partial charge is 0.464 e. The van der Waals surface area contributed by atoms with E-state index in [2.05, 4.69) is 4.84 Å². The molecule has 0 saturated carbocycles. The van der Waals surface area contributed by atoms with Crippen molar-refractivity contribution < 1.29 is 19.5 Å². The predicted octanol–water partition coefficient (Wildman–Crippen LogP) is -0.0380. The smallest absolute Gasteiger partial charge is 0.424 e.